The lowest BCUT2D eigenvalue weighted by Gasteiger charge is -2.31. The standard InChI is InChI=1S/C13H14FN3O2/c14-11-2-1-10(7-9(11)8-15)17-12(18)13(16)3-5-19-6-4-13/h1-2,7H,3-6,16H2,(H,17,18). The van der Waals surface area contributed by atoms with Crippen LogP contribution in [0.25, 0.3) is 0 Å². The maximum atomic E-state index is 13.2. The second-order valence-electron chi connectivity index (χ2n) is 4.53. The Balaban J connectivity index is 2.13. The molecule has 1 heterocycles. The van der Waals surface area contributed by atoms with Gasteiger partial charge in [-0.3, -0.25) is 4.79 Å². The molecule has 2 rings (SSSR count). The second-order valence-corrected chi connectivity index (χ2v) is 4.53. The summed E-state index contributed by atoms with van der Waals surface area (Å²) in [6.45, 7) is 0.883. The van der Waals surface area contributed by atoms with Crippen LogP contribution in [-0.4, -0.2) is 24.7 Å². The lowest BCUT2D eigenvalue weighted by atomic mass is 9.90. The fourth-order valence-corrected chi connectivity index (χ4v) is 1.91. The number of nitrogens with two attached hydrogens (primary N) is 1. The van der Waals surface area contributed by atoms with E-state index in [0.29, 0.717) is 31.7 Å². The average molecular weight is 263 g/mol. The molecule has 1 aliphatic rings. The van der Waals surface area contributed by atoms with Crippen LogP contribution in [-0.2, 0) is 9.53 Å². The number of ether oxygens (including phenoxy) is 1. The minimum absolute atomic E-state index is 0.115. The highest BCUT2D eigenvalue weighted by Gasteiger charge is 2.35. The topological polar surface area (TPSA) is 88.1 Å². The Hall–Kier alpha value is -1.97. The first-order valence-corrected chi connectivity index (χ1v) is 5.93. The third-order valence-corrected chi connectivity index (χ3v) is 3.18. The number of amides is 1. The van der Waals surface area contributed by atoms with Crippen molar-refractivity contribution in [3.63, 3.8) is 0 Å². The van der Waals surface area contributed by atoms with Gasteiger partial charge in [0.2, 0.25) is 5.91 Å². The number of anilines is 1. The first kappa shape index (κ1) is 13.5. The number of nitriles is 1. The van der Waals surface area contributed by atoms with Crippen LogP contribution in [0.4, 0.5) is 10.1 Å². The maximum Gasteiger partial charge on any atom is 0.244 e. The summed E-state index contributed by atoms with van der Waals surface area (Å²) in [4.78, 5) is 12.1. The van der Waals surface area contributed by atoms with Crippen molar-refractivity contribution in [2.75, 3.05) is 18.5 Å². The van der Waals surface area contributed by atoms with Gasteiger partial charge in [-0.25, -0.2) is 4.39 Å². The fraction of sp³-hybridized carbons (Fsp3) is 0.385. The first-order chi connectivity index (χ1) is 9.05. The summed E-state index contributed by atoms with van der Waals surface area (Å²) in [6, 6.07) is 5.55. The predicted molar refractivity (Wildman–Crippen MR) is 66.7 cm³/mol. The van der Waals surface area contributed by atoms with Crippen molar-refractivity contribution in [1.82, 2.24) is 0 Å². The van der Waals surface area contributed by atoms with Gasteiger partial charge in [0.05, 0.1) is 5.56 Å². The van der Waals surface area contributed by atoms with E-state index in [0.717, 1.165) is 6.07 Å². The number of halogens is 1. The SMILES string of the molecule is N#Cc1cc(NC(=O)C2(N)CCOCC2)ccc1F. The molecule has 0 saturated carbocycles. The average Bonchev–Trinajstić information content (AvgIpc) is 2.41. The zero-order valence-electron chi connectivity index (χ0n) is 10.3. The fourth-order valence-electron chi connectivity index (χ4n) is 1.91. The molecule has 3 N–H and O–H groups in total. The predicted octanol–water partition coefficient (Wildman–Crippen LogP) is 1.14. The summed E-state index contributed by atoms with van der Waals surface area (Å²) in [5.74, 6) is -0.958. The summed E-state index contributed by atoms with van der Waals surface area (Å²) in [5.41, 5.74) is 5.29. The third kappa shape index (κ3) is 2.89. The van der Waals surface area contributed by atoms with Gasteiger partial charge in [-0.05, 0) is 31.0 Å². The van der Waals surface area contributed by atoms with Gasteiger partial charge in [-0.1, -0.05) is 0 Å². The minimum Gasteiger partial charge on any atom is -0.381 e. The maximum absolute atomic E-state index is 13.2. The normalized spacial score (nSPS) is 17.5. The van der Waals surface area contributed by atoms with E-state index in [9.17, 15) is 9.18 Å². The zero-order valence-corrected chi connectivity index (χ0v) is 10.3. The van der Waals surface area contributed by atoms with Gasteiger partial charge < -0.3 is 15.8 Å². The number of rotatable bonds is 2. The van der Waals surface area contributed by atoms with Gasteiger partial charge in [0.1, 0.15) is 17.4 Å². The van der Waals surface area contributed by atoms with E-state index < -0.39 is 11.4 Å². The Labute approximate surface area is 110 Å². The summed E-state index contributed by atoms with van der Waals surface area (Å²) in [6.07, 6.45) is 0.871. The van der Waals surface area contributed by atoms with Crippen molar-refractivity contribution in [1.29, 1.82) is 5.26 Å². The molecule has 19 heavy (non-hydrogen) atoms. The molecular formula is C13H14FN3O2. The van der Waals surface area contributed by atoms with Crippen molar-refractivity contribution in [3.8, 4) is 6.07 Å². The lowest BCUT2D eigenvalue weighted by molar-refractivity contribution is -0.124. The third-order valence-electron chi connectivity index (χ3n) is 3.18. The molecule has 1 aliphatic heterocycles. The van der Waals surface area contributed by atoms with E-state index in [4.69, 9.17) is 15.7 Å². The van der Waals surface area contributed by atoms with Crippen LogP contribution in [0.1, 0.15) is 18.4 Å². The van der Waals surface area contributed by atoms with Crippen molar-refractivity contribution >= 4 is 11.6 Å². The molecule has 1 saturated heterocycles. The van der Waals surface area contributed by atoms with Crippen molar-refractivity contribution in [2.24, 2.45) is 5.73 Å². The number of benzene rings is 1. The smallest absolute Gasteiger partial charge is 0.244 e. The van der Waals surface area contributed by atoms with E-state index in [-0.39, 0.29) is 11.5 Å². The van der Waals surface area contributed by atoms with E-state index >= 15 is 0 Å². The number of nitrogens with one attached hydrogen (secondary N) is 1. The van der Waals surface area contributed by atoms with Crippen LogP contribution in [0.2, 0.25) is 0 Å². The summed E-state index contributed by atoms with van der Waals surface area (Å²) >= 11 is 0. The van der Waals surface area contributed by atoms with E-state index in [1.165, 1.54) is 12.1 Å². The van der Waals surface area contributed by atoms with E-state index in [1.807, 2.05) is 0 Å². The number of hydrogen-bond acceptors (Lipinski definition) is 4. The minimum atomic E-state index is -0.973. The number of carbonyl (C=O) groups is 1. The van der Waals surface area contributed by atoms with Crippen LogP contribution >= 0.6 is 0 Å². The molecule has 1 amide bonds. The highest BCUT2D eigenvalue weighted by atomic mass is 19.1. The molecule has 1 aromatic carbocycles. The van der Waals surface area contributed by atoms with Gasteiger partial charge in [0.25, 0.3) is 0 Å². The molecule has 0 radical (unpaired) electrons. The zero-order chi connectivity index (χ0) is 13.9. The molecule has 0 spiro atoms. The van der Waals surface area contributed by atoms with Gasteiger partial charge >= 0.3 is 0 Å². The quantitative estimate of drug-likeness (QED) is 0.837. The Morgan fingerprint density at radius 1 is 1.47 bits per heavy atom. The van der Waals surface area contributed by atoms with Crippen molar-refractivity contribution < 1.29 is 13.9 Å². The number of hydrogen-bond donors (Lipinski definition) is 2. The highest BCUT2D eigenvalue weighted by molar-refractivity contribution is 5.98. The molecule has 0 bridgehead atoms. The molecule has 0 atom stereocenters. The van der Waals surface area contributed by atoms with Gasteiger partial charge in [0, 0.05) is 18.9 Å². The summed E-state index contributed by atoms with van der Waals surface area (Å²) in [5, 5.41) is 11.3. The number of carbonyl (C=O) groups excluding carboxylic acids is 1. The Bertz CT molecular complexity index is 533. The van der Waals surface area contributed by atoms with E-state index in [2.05, 4.69) is 5.32 Å². The molecule has 0 aliphatic carbocycles. The largest absolute Gasteiger partial charge is 0.381 e. The Morgan fingerprint density at radius 2 is 2.16 bits per heavy atom. The van der Waals surface area contributed by atoms with Crippen LogP contribution < -0.4 is 11.1 Å². The molecule has 1 aromatic rings. The van der Waals surface area contributed by atoms with Crippen LogP contribution in [0.15, 0.2) is 18.2 Å². The lowest BCUT2D eigenvalue weighted by Crippen LogP contribution is -2.54. The molecule has 1 fully saturated rings. The van der Waals surface area contributed by atoms with E-state index in [1.54, 1.807) is 6.07 Å². The molecule has 100 valence electrons. The number of nitrogens with zero attached hydrogens (tertiary/aromatic N) is 1. The second kappa shape index (κ2) is 5.34. The first-order valence-electron chi connectivity index (χ1n) is 5.93. The summed E-state index contributed by atoms with van der Waals surface area (Å²) in [7, 11) is 0. The van der Waals surface area contributed by atoms with Gasteiger partial charge in [-0.15, -0.1) is 0 Å². The Kier molecular flexibility index (Phi) is 3.79. The van der Waals surface area contributed by atoms with Gasteiger partial charge in [0.15, 0.2) is 0 Å². The van der Waals surface area contributed by atoms with Crippen LogP contribution in [0.3, 0.4) is 0 Å². The van der Waals surface area contributed by atoms with Crippen LogP contribution in [0.5, 0.6) is 0 Å². The Morgan fingerprint density at radius 3 is 2.79 bits per heavy atom. The van der Waals surface area contributed by atoms with Crippen molar-refractivity contribution in [2.45, 2.75) is 18.4 Å². The molecule has 0 unspecified atom stereocenters. The summed E-state index contributed by atoms with van der Waals surface area (Å²) < 4.78 is 18.3. The molecule has 5 nitrogen and oxygen atoms in total. The monoisotopic (exact) mass is 263 g/mol. The molecule has 0 aromatic heterocycles. The highest BCUT2D eigenvalue weighted by Crippen LogP contribution is 2.21. The van der Waals surface area contributed by atoms with Crippen molar-refractivity contribution in [3.05, 3.63) is 29.6 Å². The van der Waals surface area contributed by atoms with Crippen LogP contribution in [0, 0.1) is 17.1 Å². The molecular weight excluding hydrogens is 249 g/mol. The van der Waals surface area contributed by atoms with Gasteiger partial charge in [-0.2, -0.15) is 5.26 Å². The molecule has 6 heteroatoms.